The Morgan fingerprint density at radius 2 is 1.90 bits per heavy atom. The lowest BCUT2D eigenvalue weighted by Gasteiger charge is -2.21. The number of benzene rings is 2. The second-order valence-electron chi connectivity index (χ2n) is 4.49. The Labute approximate surface area is 136 Å². The minimum Gasteiger partial charge on any atom is -0.309 e. The third-order valence-electron chi connectivity index (χ3n) is 3.17. The average molecular weight is 377 g/mol. The SMILES string of the molecule is CNC(c1cc(C)c(F)cc1Cl)c1cccc(Br)c1Cl. The topological polar surface area (TPSA) is 12.0 Å². The van der Waals surface area contributed by atoms with E-state index in [1.165, 1.54) is 6.07 Å². The molecule has 0 aliphatic heterocycles. The van der Waals surface area contributed by atoms with Gasteiger partial charge in [0.15, 0.2) is 0 Å². The number of nitrogens with one attached hydrogen (secondary N) is 1. The first-order valence-corrected chi connectivity index (χ1v) is 7.57. The zero-order valence-corrected chi connectivity index (χ0v) is 14.1. The summed E-state index contributed by atoms with van der Waals surface area (Å²) in [6.07, 6.45) is 0. The van der Waals surface area contributed by atoms with Crippen LogP contribution in [0.15, 0.2) is 34.8 Å². The second kappa shape index (κ2) is 6.44. The van der Waals surface area contributed by atoms with Gasteiger partial charge in [-0.1, -0.05) is 35.3 Å². The molecule has 1 unspecified atom stereocenters. The van der Waals surface area contributed by atoms with Crippen LogP contribution in [0, 0.1) is 12.7 Å². The third-order valence-corrected chi connectivity index (χ3v) is 4.81. The van der Waals surface area contributed by atoms with Crippen LogP contribution in [0.1, 0.15) is 22.7 Å². The van der Waals surface area contributed by atoms with Crippen molar-refractivity contribution in [2.24, 2.45) is 0 Å². The number of aryl methyl sites for hydroxylation is 1. The van der Waals surface area contributed by atoms with E-state index in [0.29, 0.717) is 15.6 Å². The summed E-state index contributed by atoms with van der Waals surface area (Å²) in [6, 6.07) is 8.57. The molecule has 2 aromatic carbocycles. The van der Waals surface area contributed by atoms with Crippen LogP contribution in [0.5, 0.6) is 0 Å². The van der Waals surface area contributed by atoms with E-state index in [1.807, 2.05) is 25.2 Å². The first-order chi connectivity index (χ1) is 9.45. The Kier molecular flexibility index (Phi) is 5.08. The third kappa shape index (κ3) is 3.01. The Morgan fingerprint density at radius 3 is 2.55 bits per heavy atom. The molecule has 0 saturated heterocycles. The minimum absolute atomic E-state index is 0.202. The normalized spacial score (nSPS) is 12.5. The predicted molar refractivity (Wildman–Crippen MR) is 86.2 cm³/mol. The van der Waals surface area contributed by atoms with Crippen molar-refractivity contribution >= 4 is 39.1 Å². The van der Waals surface area contributed by atoms with Gasteiger partial charge in [0, 0.05) is 9.50 Å². The van der Waals surface area contributed by atoms with E-state index >= 15 is 0 Å². The summed E-state index contributed by atoms with van der Waals surface area (Å²) in [5.74, 6) is -0.311. The molecule has 20 heavy (non-hydrogen) atoms. The highest BCUT2D eigenvalue weighted by Gasteiger charge is 2.20. The molecular formula is C15H13BrCl2FN. The minimum atomic E-state index is -0.311. The molecule has 2 rings (SSSR count). The van der Waals surface area contributed by atoms with Crippen molar-refractivity contribution in [2.45, 2.75) is 13.0 Å². The molecule has 0 aliphatic carbocycles. The number of hydrogen-bond donors (Lipinski definition) is 1. The van der Waals surface area contributed by atoms with Gasteiger partial charge in [-0.2, -0.15) is 0 Å². The summed E-state index contributed by atoms with van der Waals surface area (Å²) in [5, 5.41) is 4.17. The molecule has 0 aliphatic rings. The molecule has 1 N–H and O–H groups in total. The molecule has 0 radical (unpaired) electrons. The second-order valence-corrected chi connectivity index (χ2v) is 6.13. The van der Waals surface area contributed by atoms with E-state index in [4.69, 9.17) is 23.2 Å². The lowest BCUT2D eigenvalue weighted by molar-refractivity contribution is 0.614. The molecular weight excluding hydrogens is 364 g/mol. The number of hydrogen-bond acceptors (Lipinski definition) is 1. The molecule has 0 fully saturated rings. The van der Waals surface area contributed by atoms with E-state index in [9.17, 15) is 4.39 Å². The van der Waals surface area contributed by atoms with Gasteiger partial charge in [-0.15, -0.1) is 0 Å². The largest absolute Gasteiger partial charge is 0.309 e. The lowest BCUT2D eigenvalue weighted by Crippen LogP contribution is -2.19. The molecule has 0 bridgehead atoms. The summed E-state index contributed by atoms with van der Waals surface area (Å²) in [4.78, 5) is 0. The van der Waals surface area contributed by atoms with Gasteiger partial charge in [-0.25, -0.2) is 4.39 Å². The number of halogens is 4. The van der Waals surface area contributed by atoms with Gasteiger partial charge in [0.05, 0.1) is 11.1 Å². The van der Waals surface area contributed by atoms with Crippen molar-refractivity contribution in [1.29, 1.82) is 0 Å². The summed E-state index contributed by atoms with van der Waals surface area (Å²) in [6.45, 7) is 1.71. The Bertz CT molecular complexity index is 646. The summed E-state index contributed by atoms with van der Waals surface area (Å²) in [5.41, 5.74) is 2.24. The fourth-order valence-electron chi connectivity index (χ4n) is 2.12. The highest BCUT2D eigenvalue weighted by Crippen LogP contribution is 2.36. The van der Waals surface area contributed by atoms with E-state index < -0.39 is 0 Å². The molecule has 1 atom stereocenters. The molecule has 0 saturated carbocycles. The van der Waals surface area contributed by atoms with Crippen molar-refractivity contribution < 1.29 is 4.39 Å². The van der Waals surface area contributed by atoms with E-state index in [2.05, 4.69) is 21.2 Å². The Morgan fingerprint density at radius 1 is 1.20 bits per heavy atom. The highest BCUT2D eigenvalue weighted by molar-refractivity contribution is 9.10. The van der Waals surface area contributed by atoms with Crippen molar-refractivity contribution in [2.75, 3.05) is 7.05 Å². The van der Waals surface area contributed by atoms with Crippen molar-refractivity contribution in [1.82, 2.24) is 5.32 Å². The van der Waals surface area contributed by atoms with E-state index in [-0.39, 0.29) is 11.9 Å². The van der Waals surface area contributed by atoms with Crippen LogP contribution >= 0.6 is 39.1 Å². The summed E-state index contributed by atoms with van der Waals surface area (Å²) >= 11 is 15.9. The van der Waals surface area contributed by atoms with Crippen molar-refractivity contribution in [3.8, 4) is 0 Å². The maximum absolute atomic E-state index is 13.5. The average Bonchev–Trinajstić information content (AvgIpc) is 2.41. The van der Waals surface area contributed by atoms with Crippen LogP contribution < -0.4 is 5.32 Å². The first kappa shape index (κ1) is 15.8. The zero-order valence-electron chi connectivity index (χ0n) is 11.0. The van der Waals surface area contributed by atoms with Gasteiger partial charge >= 0.3 is 0 Å². The first-order valence-electron chi connectivity index (χ1n) is 6.02. The van der Waals surface area contributed by atoms with E-state index in [1.54, 1.807) is 13.0 Å². The molecule has 1 nitrogen and oxygen atoms in total. The van der Waals surface area contributed by atoms with Crippen LogP contribution in [-0.2, 0) is 0 Å². The standard InChI is InChI=1S/C15H13BrCl2FN/c1-8-6-10(12(17)7-13(8)19)15(20-2)9-4-3-5-11(16)14(9)18/h3-7,15,20H,1-2H3. The molecule has 106 valence electrons. The van der Waals surface area contributed by atoms with Gasteiger partial charge in [0.2, 0.25) is 0 Å². The summed E-state index contributed by atoms with van der Waals surface area (Å²) in [7, 11) is 1.82. The smallest absolute Gasteiger partial charge is 0.127 e. The molecule has 5 heteroatoms. The van der Waals surface area contributed by atoms with Crippen molar-refractivity contribution in [3.05, 3.63) is 67.4 Å². The molecule has 0 spiro atoms. The quantitative estimate of drug-likeness (QED) is 0.744. The predicted octanol–water partition coefficient (Wildman–Crippen LogP) is 5.51. The Hall–Kier alpha value is -0.610. The van der Waals surface area contributed by atoms with Crippen molar-refractivity contribution in [3.63, 3.8) is 0 Å². The van der Waals surface area contributed by atoms with Crippen LogP contribution in [-0.4, -0.2) is 7.05 Å². The molecule has 0 aromatic heterocycles. The lowest BCUT2D eigenvalue weighted by atomic mass is 9.97. The van der Waals surface area contributed by atoms with Gasteiger partial charge < -0.3 is 5.32 Å². The van der Waals surface area contributed by atoms with Crippen LogP contribution in [0.4, 0.5) is 4.39 Å². The molecule has 0 heterocycles. The zero-order chi connectivity index (χ0) is 14.9. The van der Waals surface area contributed by atoms with Gasteiger partial charge in [-0.3, -0.25) is 0 Å². The van der Waals surface area contributed by atoms with E-state index in [0.717, 1.165) is 15.6 Å². The number of rotatable bonds is 3. The maximum Gasteiger partial charge on any atom is 0.127 e. The van der Waals surface area contributed by atoms with Gasteiger partial charge in [-0.05, 0) is 64.8 Å². The van der Waals surface area contributed by atoms with Crippen LogP contribution in [0.25, 0.3) is 0 Å². The van der Waals surface area contributed by atoms with Crippen LogP contribution in [0.3, 0.4) is 0 Å². The monoisotopic (exact) mass is 375 g/mol. The van der Waals surface area contributed by atoms with Crippen LogP contribution in [0.2, 0.25) is 10.0 Å². The highest BCUT2D eigenvalue weighted by atomic mass is 79.9. The van der Waals surface area contributed by atoms with Gasteiger partial charge in [0.25, 0.3) is 0 Å². The fourth-order valence-corrected chi connectivity index (χ4v) is 3.00. The maximum atomic E-state index is 13.5. The van der Waals surface area contributed by atoms with Gasteiger partial charge in [0.1, 0.15) is 5.82 Å². The molecule has 2 aromatic rings. The Balaban J connectivity index is 2.58. The summed E-state index contributed by atoms with van der Waals surface area (Å²) < 4.78 is 14.3. The fraction of sp³-hybridized carbons (Fsp3) is 0.200. The molecule has 0 amide bonds.